The van der Waals surface area contributed by atoms with E-state index >= 15 is 0 Å². The molecule has 5 heteroatoms. The van der Waals surface area contributed by atoms with E-state index in [9.17, 15) is 0 Å². The second-order valence-electron chi connectivity index (χ2n) is 5.14. The maximum atomic E-state index is 6.19. The van der Waals surface area contributed by atoms with E-state index in [1.54, 1.807) is 11.3 Å². The topological polar surface area (TPSA) is 42.2 Å². The molecule has 108 valence electrons. The Kier molecular flexibility index (Phi) is 5.16. The van der Waals surface area contributed by atoms with Crippen LogP contribution in [0.25, 0.3) is 0 Å². The second kappa shape index (κ2) is 6.68. The van der Waals surface area contributed by atoms with Gasteiger partial charge in [0.1, 0.15) is 0 Å². The van der Waals surface area contributed by atoms with Gasteiger partial charge in [-0.3, -0.25) is 4.90 Å². The van der Waals surface area contributed by atoms with Gasteiger partial charge in [0, 0.05) is 28.5 Å². The molecule has 1 heterocycles. The SMILES string of the molecule is Cc1ncsc1CN(C)C(c1cccc(Cl)c1)C(C)N. The summed E-state index contributed by atoms with van der Waals surface area (Å²) in [6.45, 7) is 4.91. The van der Waals surface area contributed by atoms with Crippen LogP contribution in [0.5, 0.6) is 0 Å². The third-order valence-electron chi connectivity index (χ3n) is 3.40. The van der Waals surface area contributed by atoms with Crippen molar-refractivity contribution in [1.29, 1.82) is 0 Å². The number of nitrogens with zero attached hydrogens (tertiary/aromatic N) is 2. The molecule has 0 saturated heterocycles. The molecule has 0 bridgehead atoms. The van der Waals surface area contributed by atoms with Crippen molar-refractivity contribution in [2.24, 2.45) is 5.73 Å². The zero-order valence-corrected chi connectivity index (χ0v) is 13.6. The Morgan fingerprint density at radius 2 is 2.20 bits per heavy atom. The Labute approximate surface area is 129 Å². The van der Waals surface area contributed by atoms with E-state index in [0.717, 1.165) is 22.8 Å². The lowest BCUT2D eigenvalue weighted by Gasteiger charge is -2.31. The third kappa shape index (κ3) is 3.58. The summed E-state index contributed by atoms with van der Waals surface area (Å²) < 4.78 is 0. The Bertz CT molecular complexity index is 568. The highest BCUT2D eigenvalue weighted by Gasteiger charge is 2.22. The van der Waals surface area contributed by atoms with Gasteiger partial charge >= 0.3 is 0 Å². The van der Waals surface area contributed by atoms with Crippen molar-refractivity contribution in [1.82, 2.24) is 9.88 Å². The fraction of sp³-hybridized carbons (Fsp3) is 0.400. The number of rotatable bonds is 5. The van der Waals surface area contributed by atoms with Crippen LogP contribution in [0, 0.1) is 6.92 Å². The second-order valence-corrected chi connectivity index (χ2v) is 6.51. The van der Waals surface area contributed by atoms with Crippen molar-refractivity contribution < 1.29 is 0 Å². The van der Waals surface area contributed by atoms with Crippen LogP contribution in [0.1, 0.15) is 29.1 Å². The number of halogens is 1. The van der Waals surface area contributed by atoms with Gasteiger partial charge in [0.25, 0.3) is 0 Å². The van der Waals surface area contributed by atoms with E-state index in [-0.39, 0.29) is 12.1 Å². The lowest BCUT2D eigenvalue weighted by Crippen LogP contribution is -2.36. The normalized spacial score (nSPS) is 14.5. The zero-order chi connectivity index (χ0) is 14.7. The van der Waals surface area contributed by atoms with Crippen molar-refractivity contribution in [3.63, 3.8) is 0 Å². The van der Waals surface area contributed by atoms with Gasteiger partial charge in [0.15, 0.2) is 0 Å². The van der Waals surface area contributed by atoms with E-state index in [1.165, 1.54) is 4.88 Å². The molecule has 20 heavy (non-hydrogen) atoms. The molecule has 2 aromatic rings. The minimum atomic E-state index is 0.0201. The third-order valence-corrected chi connectivity index (χ3v) is 4.56. The van der Waals surface area contributed by atoms with E-state index in [1.807, 2.05) is 37.6 Å². The molecule has 2 unspecified atom stereocenters. The molecular weight excluding hydrogens is 290 g/mol. The highest BCUT2D eigenvalue weighted by molar-refractivity contribution is 7.09. The number of hydrogen-bond acceptors (Lipinski definition) is 4. The Morgan fingerprint density at radius 1 is 1.45 bits per heavy atom. The van der Waals surface area contributed by atoms with Crippen molar-refractivity contribution in [2.75, 3.05) is 7.05 Å². The van der Waals surface area contributed by atoms with E-state index in [4.69, 9.17) is 17.3 Å². The van der Waals surface area contributed by atoms with Gasteiger partial charge in [-0.05, 0) is 38.6 Å². The summed E-state index contributed by atoms with van der Waals surface area (Å²) in [7, 11) is 2.09. The van der Waals surface area contributed by atoms with Crippen LogP contribution >= 0.6 is 22.9 Å². The van der Waals surface area contributed by atoms with Gasteiger partial charge < -0.3 is 5.73 Å². The number of benzene rings is 1. The summed E-state index contributed by atoms with van der Waals surface area (Å²) in [6.07, 6.45) is 0. The van der Waals surface area contributed by atoms with Gasteiger partial charge in [0.2, 0.25) is 0 Å². The van der Waals surface area contributed by atoms with Crippen molar-refractivity contribution in [2.45, 2.75) is 32.5 Å². The van der Waals surface area contributed by atoms with Crippen LogP contribution in [-0.2, 0) is 6.54 Å². The van der Waals surface area contributed by atoms with E-state index < -0.39 is 0 Å². The standard InChI is InChI=1S/C15H20ClN3S/c1-10(17)15(12-5-4-6-13(16)7-12)19(3)8-14-11(2)18-9-20-14/h4-7,9-10,15H,8,17H2,1-3H3. The Balaban J connectivity index is 2.22. The summed E-state index contributed by atoms with van der Waals surface area (Å²) in [5, 5.41) is 0.746. The van der Waals surface area contributed by atoms with Crippen molar-refractivity contribution in [3.8, 4) is 0 Å². The molecule has 0 aliphatic heterocycles. The minimum Gasteiger partial charge on any atom is -0.326 e. The molecule has 0 spiro atoms. The predicted molar refractivity (Wildman–Crippen MR) is 86.2 cm³/mol. The molecule has 2 rings (SSSR count). The lowest BCUT2D eigenvalue weighted by molar-refractivity contribution is 0.212. The summed E-state index contributed by atoms with van der Waals surface area (Å²) in [5.74, 6) is 0. The van der Waals surface area contributed by atoms with Crippen molar-refractivity contribution in [3.05, 3.63) is 50.9 Å². The van der Waals surface area contributed by atoms with Crippen LogP contribution in [0.2, 0.25) is 5.02 Å². The molecule has 2 atom stereocenters. The zero-order valence-electron chi connectivity index (χ0n) is 12.0. The highest BCUT2D eigenvalue weighted by atomic mass is 35.5. The average molecular weight is 310 g/mol. The molecule has 1 aromatic heterocycles. The fourth-order valence-electron chi connectivity index (χ4n) is 2.45. The predicted octanol–water partition coefficient (Wildman–Crippen LogP) is 3.63. The summed E-state index contributed by atoms with van der Waals surface area (Å²) in [6, 6.07) is 8.08. The largest absolute Gasteiger partial charge is 0.326 e. The molecule has 0 aliphatic rings. The van der Waals surface area contributed by atoms with E-state index in [2.05, 4.69) is 23.0 Å². The van der Waals surface area contributed by atoms with Crippen LogP contribution in [-0.4, -0.2) is 23.0 Å². The van der Waals surface area contributed by atoms with Crippen molar-refractivity contribution >= 4 is 22.9 Å². The van der Waals surface area contributed by atoms with Crippen LogP contribution in [0.15, 0.2) is 29.8 Å². The van der Waals surface area contributed by atoms with Gasteiger partial charge in [0.05, 0.1) is 11.2 Å². The van der Waals surface area contributed by atoms with Gasteiger partial charge in [-0.15, -0.1) is 11.3 Å². The first kappa shape index (κ1) is 15.4. The van der Waals surface area contributed by atoms with Crippen LogP contribution in [0.3, 0.4) is 0 Å². The number of hydrogen-bond donors (Lipinski definition) is 1. The maximum absolute atomic E-state index is 6.19. The van der Waals surface area contributed by atoms with Crippen LogP contribution < -0.4 is 5.73 Å². The fourth-order valence-corrected chi connectivity index (χ4v) is 3.49. The molecule has 3 nitrogen and oxygen atoms in total. The molecule has 0 fully saturated rings. The first-order chi connectivity index (χ1) is 9.49. The van der Waals surface area contributed by atoms with Gasteiger partial charge in [-0.25, -0.2) is 4.98 Å². The number of aryl methyl sites for hydroxylation is 1. The smallest absolute Gasteiger partial charge is 0.0798 e. The lowest BCUT2D eigenvalue weighted by atomic mass is 9.99. The summed E-state index contributed by atoms with van der Waals surface area (Å²) in [5.41, 5.74) is 10.3. The Hall–Kier alpha value is -0.940. The van der Waals surface area contributed by atoms with Gasteiger partial charge in [-0.1, -0.05) is 23.7 Å². The maximum Gasteiger partial charge on any atom is 0.0798 e. The minimum absolute atomic E-state index is 0.0201. The first-order valence-electron chi connectivity index (χ1n) is 6.59. The molecule has 2 N–H and O–H groups in total. The first-order valence-corrected chi connectivity index (χ1v) is 7.85. The molecule has 1 aromatic carbocycles. The molecular formula is C15H20ClN3S. The molecule has 0 amide bonds. The number of thiazole rings is 1. The highest BCUT2D eigenvalue weighted by Crippen LogP contribution is 2.27. The number of nitrogens with two attached hydrogens (primary N) is 1. The van der Waals surface area contributed by atoms with Gasteiger partial charge in [-0.2, -0.15) is 0 Å². The molecule has 0 radical (unpaired) electrons. The number of aromatic nitrogens is 1. The van der Waals surface area contributed by atoms with Crippen LogP contribution in [0.4, 0.5) is 0 Å². The average Bonchev–Trinajstić information content (AvgIpc) is 2.74. The Morgan fingerprint density at radius 3 is 2.75 bits per heavy atom. The molecule has 0 aliphatic carbocycles. The molecule has 0 saturated carbocycles. The monoisotopic (exact) mass is 309 g/mol. The summed E-state index contributed by atoms with van der Waals surface area (Å²) >= 11 is 7.78. The van der Waals surface area contributed by atoms with E-state index in [0.29, 0.717) is 0 Å². The quantitative estimate of drug-likeness (QED) is 0.917. The summed E-state index contributed by atoms with van der Waals surface area (Å²) in [4.78, 5) is 7.84. The number of likely N-dealkylation sites (N-methyl/N-ethyl adjacent to an activating group) is 1.